The summed E-state index contributed by atoms with van der Waals surface area (Å²) >= 11 is 6.82. The van der Waals surface area contributed by atoms with Crippen molar-refractivity contribution in [1.82, 2.24) is 4.90 Å². The smallest absolute Gasteiger partial charge is 0.270 e. The van der Waals surface area contributed by atoms with Crippen molar-refractivity contribution in [3.63, 3.8) is 0 Å². The molecular weight excluding hydrogens is 380 g/mol. The molecule has 5 nitrogen and oxygen atoms in total. The molecule has 0 N–H and O–H groups in total. The van der Waals surface area contributed by atoms with E-state index in [1.165, 1.54) is 6.07 Å². The first kappa shape index (κ1) is 16.4. The molecule has 0 radical (unpaired) electrons. The lowest BCUT2D eigenvalue weighted by molar-refractivity contribution is -0.384. The fraction of sp³-hybridized carbons (Fsp3) is 0.500. The third-order valence-corrected chi connectivity index (χ3v) is 3.38. The fourth-order valence-electron chi connectivity index (χ4n) is 1.75. The quantitative estimate of drug-likeness (QED) is 0.385. The molecule has 1 aromatic rings. The Morgan fingerprint density at radius 2 is 1.95 bits per heavy atom. The van der Waals surface area contributed by atoms with Crippen LogP contribution in [0.1, 0.15) is 5.56 Å². The van der Waals surface area contributed by atoms with Gasteiger partial charge in [-0.25, -0.2) is 0 Å². The molecule has 0 amide bonds. The van der Waals surface area contributed by atoms with Crippen molar-refractivity contribution in [2.24, 2.45) is 0 Å². The Balaban J connectivity index is 2.94. The van der Waals surface area contributed by atoms with Gasteiger partial charge in [-0.1, -0.05) is 31.9 Å². The number of nitro groups is 1. The summed E-state index contributed by atoms with van der Waals surface area (Å²) in [5, 5.41) is 12.5. The highest BCUT2D eigenvalue weighted by Crippen LogP contribution is 2.25. The molecule has 106 valence electrons. The second kappa shape index (κ2) is 8.50. The van der Waals surface area contributed by atoms with Gasteiger partial charge in [0.1, 0.15) is 5.75 Å². The number of alkyl halides is 2. The van der Waals surface area contributed by atoms with E-state index in [1.54, 1.807) is 19.2 Å². The first-order chi connectivity index (χ1) is 9.12. The Kier molecular flexibility index (Phi) is 7.33. The molecule has 1 aromatic carbocycles. The van der Waals surface area contributed by atoms with E-state index in [0.717, 1.165) is 29.3 Å². The molecule has 0 unspecified atom stereocenters. The molecule has 0 saturated carbocycles. The first-order valence-corrected chi connectivity index (χ1v) is 8.02. The second-order valence-corrected chi connectivity index (χ2v) is 5.49. The van der Waals surface area contributed by atoms with Crippen molar-refractivity contribution < 1.29 is 9.66 Å². The van der Waals surface area contributed by atoms with Crippen molar-refractivity contribution in [2.75, 3.05) is 30.9 Å². The van der Waals surface area contributed by atoms with E-state index in [4.69, 9.17) is 4.74 Å². The second-order valence-electron chi connectivity index (χ2n) is 3.91. The van der Waals surface area contributed by atoms with E-state index in [0.29, 0.717) is 12.3 Å². The van der Waals surface area contributed by atoms with Crippen LogP contribution < -0.4 is 4.74 Å². The largest absolute Gasteiger partial charge is 0.496 e. The van der Waals surface area contributed by atoms with Gasteiger partial charge >= 0.3 is 0 Å². The molecule has 0 heterocycles. The number of nitrogens with zero attached hydrogens (tertiary/aromatic N) is 2. The standard InChI is InChI=1S/C12H16Br2N2O3/c1-19-12-3-2-11(16(17)18)8-10(12)9-15(6-4-13)7-5-14/h2-3,8H,4-7,9H2,1H3. The van der Waals surface area contributed by atoms with Crippen molar-refractivity contribution in [1.29, 1.82) is 0 Å². The Morgan fingerprint density at radius 3 is 2.42 bits per heavy atom. The Labute approximate surface area is 129 Å². The van der Waals surface area contributed by atoms with Gasteiger partial charge in [0.05, 0.1) is 12.0 Å². The zero-order chi connectivity index (χ0) is 14.3. The summed E-state index contributed by atoms with van der Waals surface area (Å²) in [6, 6.07) is 4.68. The van der Waals surface area contributed by atoms with Crippen LogP contribution in [0.15, 0.2) is 18.2 Å². The number of methoxy groups -OCH3 is 1. The van der Waals surface area contributed by atoms with Crippen LogP contribution in [0.5, 0.6) is 5.75 Å². The van der Waals surface area contributed by atoms with Crippen molar-refractivity contribution in [3.05, 3.63) is 33.9 Å². The number of halogens is 2. The topological polar surface area (TPSA) is 55.6 Å². The van der Waals surface area contributed by atoms with E-state index in [-0.39, 0.29) is 10.6 Å². The molecule has 0 aliphatic rings. The summed E-state index contributed by atoms with van der Waals surface area (Å²) in [5.74, 6) is 0.680. The summed E-state index contributed by atoms with van der Waals surface area (Å²) in [6.07, 6.45) is 0. The molecule has 0 fully saturated rings. The zero-order valence-corrected chi connectivity index (χ0v) is 13.8. The van der Waals surface area contributed by atoms with Gasteiger partial charge in [0.25, 0.3) is 5.69 Å². The third kappa shape index (κ3) is 5.08. The highest BCUT2D eigenvalue weighted by molar-refractivity contribution is 9.09. The minimum absolute atomic E-state index is 0.0911. The van der Waals surface area contributed by atoms with Crippen LogP contribution in [0.2, 0.25) is 0 Å². The van der Waals surface area contributed by atoms with Crippen molar-refractivity contribution >= 4 is 37.5 Å². The Bertz CT molecular complexity index is 423. The summed E-state index contributed by atoms with van der Waals surface area (Å²) in [4.78, 5) is 12.6. The molecule has 0 bridgehead atoms. The van der Waals surface area contributed by atoms with E-state index >= 15 is 0 Å². The fourth-order valence-corrected chi connectivity index (χ4v) is 2.76. The summed E-state index contributed by atoms with van der Waals surface area (Å²) < 4.78 is 5.26. The maximum Gasteiger partial charge on any atom is 0.270 e. The van der Waals surface area contributed by atoms with E-state index in [9.17, 15) is 10.1 Å². The van der Waals surface area contributed by atoms with Crippen molar-refractivity contribution in [3.8, 4) is 5.75 Å². The normalized spacial score (nSPS) is 10.7. The minimum Gasteiger partial charge on any atom is -0.496 e. The summed E-state index contributed by atoms with van der Waals surface area (Å²) in [6.45, 7) is 2.37. The number of non-ortho nitro benzene ring substituents is 1. The number of ether oxygens (including phenoxy) is 1. The van der Waals surface area contributed by atoms with Crippen LogP contribution in [-0.4, -0.2) is 40.7 Å². The number of rotatable bonds is 8. The molecule has 0 aliphatic carbocycles. The highest BCUT2D eigenvalue weighted by Gasteiger charge is 2.14. The zero-order valence-electron chi connectivity index (χ0n) is 10.6. The average Bonchev–Trinajstić information content (AvgIpc) is 2.39. The number of hydrogen-bond acceptors (Lipinski definition) is 4. The molecule has 0 aromatic heterocycles. The van der Waals surface area contributed by atoms with Gasteiger partial charge in [-0.2, -0.15) is 0 Å². The molecule has 7 heteroatoms. The molecular formula is C12H16Br2N2O3. The lowest BCUT2D eigenvalue weighted by Crippen LogP contribution is -2.27. The van der Waals surface area contributed by atoms with Gasteiger partial charge in [-0.3, -0.25) is 15.0 Å². The Morgan fingerprint density at radius 1 is 1.32 bits per heavy atom. The predicted octanol–water partition coefficient (Wildman–Crippen LogP) is 3.20. The molecule has 0 spiro atoms. The van der Waals surface area contributed by atoms with Gasteiger partial charge in [0.15, 0.2) is 0 Å². The maximum atomic E-state index is 10.8. The van der Waals surface area contributed by atoms with Crippen LogP contribution in [0.3, 0.4) is 0 Å². The third-order valence-electron chi connectivity index (χ3n) is 2.67. The van der Waals surface area contributed by atoms with Crippen LogP contribution in [-0.2, 0) is 6.54 Å². The molecule has 0 atom stereocenters. The number of benzene rings is 1. The summed E-state index contributed by atoms with van der Waals surface area (Å²) in [5.41, 5.74) is 0.923. The van der Waals surface area contributed by atoms with E-state index in [2.05, 4.69) is 36.8 Å². The Hall–Kier alpha value is -0.660. The predicted molar refractivity (Wildman–Crippen MR) is 82.5 cm³/mol. The van der Waals surface area contributed by atoms with Crippen LogP contribution in [0, 0.1) is 10.1 Å². The van der Waals surface area contributed by atoms with Crippen molar-refractivity contribution in [2.45, 2.75) is 6.54 Å². The molecule has 1 rings (SSSR count). The monoisotopic (exact) mass is 394 g/mol. The lowest BCUT2D eigenvalue weighted by atomic mass is 10.1. The van der Waals surface area contributed by atoms with Gasteiger partial charge < -0.3 is 4.74 Å². The maximum absolute atomic E-state index is 10.8. The summed E-state index contributed by atoms with van der Waals surface area (Å²) in [7, 11) is 1.57. The van der Waals surface area contributed by atoms with E-state index < -0.39 is 0 Å². The van der Waals surface area contributed by atoms with Crippen LogP contribution in [0.25, 0.3) is 0 Å². The molecule has 19 heavy (non-hydrogen) atoms. The van der Waals surface area contributed by atoms with Crippen LogP contribution >= 0.6 is 31.9 Å². The lowest BCUT2D eigenvalue weighted by Gasteiger charge is -2.21. The number of nitro benzene ring substituents is 1. The minimum atomic E-state index is -0.387. The average molecular weight is 396 g/mol. The highest BCUT2D eigenvalue weighted by atomic mass is 79.9. The van der Waals surface area contributed by atoms with Gasteiger partial charge in [-0.15, -0.1) is 0 Å². The molecule has 0 aliphatic heterocycles. The van der Waals surface area contributed by atoms with Gasteiger partial charge in [-0.05, 0) is 6.07 Å². The van der Waals surface area contributed by atoms with E-state index in [1.807, 2.05) is 0 Å². The molecule has 0 saturated heterocycles. The van der Waals surface area contributed by atoms with Gasteiger partial charge in [0.2, 0.25) is 0 Å². The van der Waals surface area contributed by atoms with Gasteiger partial charge in [0, 0.05) is 48.0 Å². The number of hydrogen-bond donors (Lipinski definition) is 0. The van der Waals surface area contributed by atoms with Crippen LogP contribution in [0.4, 0.5) is 5.69 Å². The first-order valence-electron chi connectivity index (χ1n) is 5.78. The SMILES string of the molecule is COc1ccc([N+](=O)[O-])cc1CN(CCBr)CCBr.